The highest BCUT2D eigenvalue weighted by Crippen LogP contribution is 2.44. The summed E-state index contributed by atoms with van der Waals surface area (Å²) in [6, 6.07) is 8.24. The predicted molar refractivity (Wildman–Crippen MR) is 105 cm³/mol. The molecule has 1 aromatic rings. The average Bonchev–Trinajstić information content (AvgIpc) is 3.15. The lowest BCUT2D eigenvalue weighted by Gasteiger charge is -2.36. The van der Waals surface area contributed by atoms with E-state index < -0.39 is 54.2 Å². The molecule has 2 N–H and O–H groups in total. The van der Waals surface area contributed by atoms with E-state index in [1.165, 1.54) is 0 Å². The van der Waals surface area contributed by atoms with Crippen LogP contribution < -0.4 is 10.6 Å². The van der Waals surface area contributed by atoms with E-state index in [4.69, 9.17) is 23.7 Å². The van der Waals surface area contributed by atoms with Crippen molar-refractivity contribution in [1.29, 1.82) is 0 Å². The molecule has 0 unspecified atom stereocenters. The van der Waals surface area contributed by atoms with Crippen LogP contribution in [-0.2, 0) is 33.3 Å². The van der Waals surface area contributed by atoms with Gasteiger partial charge in [-0.3, -0.25) is 9.59 Å². The van der Waals surface area contributed by atoms with Crippen molar-refractivity contribution in [3.05, 3.63) is 30.3 Å². The van der Waals surface area contributed by atoms with E-state index in [2.05, 4.69) is 10.6 Å². The van der Waals surface area contributed by atoms with Gasteiger partial charge in [-0.2, -0.15) is 0 Å². The summed E-state index contributed by atoms with van der Waals surface area (Å²) in [4.78, 5) is 25.5. The van der Waals surface area contributed by atoms with E-state index in [1.54, 1.807) is 46.8 Å². The molecule has 0 radical (unpaired) electrons. The zero-order valence-corrected chi connectivity index (χ0v) is 17.7. The lowest BCUT2D eigenvalue weighted by molar-refractivity contribution is -0.231. The van der Waals surface area contributed by atoms with E-state index in [-0.39, 0.29) is 5.91 Å². The maximum atomic E-state index is 13.0. The third-order valence-electron chi connectivity index (χ3n) is 5.21. The van der Waals surface area contributed by atoms with Gasteiger partial charge in [0.25, 0.3) is 5.91 Å². The second-order valence-electron chi connectivity index (χ2n) is 8.68. The third kappa shape index (κ3) is 4.21. The highest BCUT2D eigenvalue weighted by molar-refractivity contribution is 5.97. The normalized spacial score (nSPS) is 34.5. The summed E-state index contributed by atoms with van der Waals surface area (Å²) in [5, 5.41) is 5.46. The molecule has 3 aliphatic rings. The second kappa shape index (κ2) is 7.58. The Morgan fingerprint density at radius 2 is 1.50 bits per heavy atom. The van der Waals surface area contributed by atoms with Crippen LogP contribution in [0.1, 0.15) is 34.6 Å². The van der Waals surface area contributed by atoms with Gasteiger partial charge in [0.2, 0.25) is 5.91 Å². The van der Waals surface area contributed by atoms with Gasteiger partial charge in [-0.25, -0.2) is 0 Å². The van der Waals surface area contributed by atoms with Crippen LogP contribution in [0, 0.1) is 0 Å². The molecule has 30 heavy (non-hydrogen) atoms. The molecule has 9 heteroatoms. The average molecular weight is 420 g/mol. The minimum atomic E-state index is -1.01. The molecule has 0 aromatic heterocycles. The smallest absolute Gasteiger partial charge is 0.252 e. The minimum absolute atomic E-state index is 0.342. The van der Waals surface area contributed by atoms with Gasteiger partial charge in [0.05, 0.1) is 0 Å². The molecule has 3 heterocycles. The van der Waals surface area contributed by atoms with Crippen molar-refractivity contribution < 1.29 is 33.3 Å². The standard InChI is InChI=1S/C21H28N2O7/c1-11(17(24)23-12-9-7-6-8-10-12)22-18(25)15-13-14(28-20(2,3)27-13)16-19(26-15)30-21(4,5)29-16/h6-11,13-16,19H,1-5H3,(H,22,25)(H,23,24)/t11-,13+,14+,15-,16+,19-/m1/s1. The van der Waals surface area contributed by atoms with Crippen molar-refractivity contribution in [2.75, 3.05) is 5.32 Å². The number of anilines is 1. The maximum absolute atomic E-state index is 13.0. The summed E-state index contributed by atoms with van der Waals surface area (Å²) >= 11 is 0. The number of amides is 2. The minimum Gasteiger partial charge on any atom is -0.342 e. The topological polar surface area (TPSA) is 104 Å². The molecule has 0 bridgehead atoms. The molecule has 9 nitrogen and oxygen atoms in total. The van der Waals surface area contributed by atoms with Crippen LogP contribution in [0.2, 0.25) is 0 Å². The van der Waals surface area contributed by atoms with Crippen molar-refractivity contribution in [2.45, 2.75) is 82.9 Å². The monoisotopic (exact) mass is 420 g/mol. The van der Waals surface area contributed by atoms with Crippen molar-refractivity contribution in [3.8, 4) is 0 Å². The Labute approximate surface area is 175 Å². The van der Waals surface area contributed by atoms with Crippen LogP contribution in [0.5, 0.6) is 0 Å². The Hall–Kier alpha value is -2.04. The number of hydrogen-bond donors (Lipinski definition) is 2. The molecule has 0 saturated carbocycles. The summed E-state index contributed by atoms with van der Waals surface area (Å²) in [5.74, 6) is -2.60. The van der Waals surface area contributed by atoms with Crippen molar-refractivity contribution in [3.63, 3.8) is 0 Å². The number of hydrogen-bond acceptors (Lipinski definition) is 7. The van der Waals surface area contributed by atoms with Gasteiger partial charge in [0.15, 0.2) is 24.0 Å². The number of para-hydroxylation sites is 1. The first-order valence-electron chi connectivity index (χ1n) is 10.1. The molecule has 6 atom stereocenters. The highest BCUT2D eigenvalue weighted by atomic mass is 16.9. The number of fused-ring (bicyclic) bond motifs is 3. The molecule has 3 fully saturated rings. The predicted octanol–water partition coefficient (Wildman–Crippen LogP) is 1.53. The van der Waals surface area contributed by atoms with Gasteiger partial charge in [-0.1, -0.05) is 18.2 Å². The third-order valence-corrected chi connectivity index (χ3v) is 5.21. The summed E-state index contributed by atoms with van der Waals surface area (Å²) in [7, 11) is 0. The van der Waals surface area contributed by atoms with E-state index in [0.717, 1.165) is 0 Å². The molecule has 4 rings (SSSR count). The van der Waals surface area contributed by atoms with E-state index in [1.807, 2.05) is 18.2 Å². The van der Waals surface area contributed by atoms with E-state index in [9.17, 15) is 9.59 Å². The molecule has 0 spiro atoms. The van der Waals surface area contributed by atoms with Gasteiger partial charge in [0, 0.05) is 5.69 Å². The summed E-state index contributed by atoms with van der Waals surface area (Å²) in [5.41, 5.74) is 0.647. The van der Waals surface area contributed by atoms with Gasteiger partial charge in [-0.05, 0) is 46.8 Å². The maximum Gasteiger partial charge on any atom is 0.252 e. The van der Waals surface area contributed by atoms with Crippen LogP contribution >= 0.6 is 0 Å². The van der Waals surface area contributed by atoms with Crippen LogP contribution in [0.3, 0.4) is 0 Å². The van der Waals surface area contributed by atoms with Gasteiger partial charge in [-0.15, -0.1) is 0 Å². The Balaban J connectivity index is 1.45. The molecular weight excluding hydrogens is 392 g/mol. The molecule has 3 saturated heterocycles. The number of nitrogens with one attached hydrogen (secondary N) is 2. The number of carbonyl (C=O) groups excluding carboxylic acids is 2. The van der Waals surface area contributed by atoms with Crippen LogP contribution in [-0.4, -0.2) is 60.1 Å². The van der Waals surface area contributed by atoms with E-state index >= 15 is 0 Å². The number of ether oxygens (including phenoxy) is 5. The number of benzene rings is 1. The zero-order valence-electron chi connectivity index (χ0n) is 17.7. The second-order valence-corrected chi connectivity index (χ2v) is 8.68. The van der Waals surface area contributed by atoms with Crippen LogP contribution in [0.25, 0.3) is 0 Å². The molecule has 0 aliphatic carbocycles. The lowest BCUT2D eigenvalue weighted by atomic mass is 9.98. The quantitative estimate of drug-likeness (QED) is 0.761. The Morgan fingerprint density at radius 3 is 2.20 bits per heavy atom. The van der Waals surface area contributed by atoms with Gasteiger partial charge < -0.3 is 34.3 Å². The summed E-state index contributed by atoms with van der Waals surface area (Å²) in [6.45, 7) is 8.69. The summed E-state index contributed by atoms with van der Waals surface area (Å²) in [6.07, 6.45) is -3.53. The number of rotatable bonds is 4. The first-order chi connectivity index (χ1) is 14.0. The SMILES string of the molecule is C[C@@H](NC(=O)[C@@H]1O[C@@H]2OC(C)(C)O[C@H]2[C@H]2OC(C)(C)O[C@@H]21)C(=O)Nc1ccccc1. The fourth-order valence-electron chi connectivity index (χ4n) is 3.96. The fraction of sp³-hybridized carbons (Fsp3) is 0.619. The molecule has 2 amide bonds. The molecular formula is C21H28N2O7. The van der Waals surface area contributed by atoms with Crippen molar-refractivity contribution in [1.82, 2.24) is 5.32 Å². The fourth-order valence-corrected chi connectivity index (χ4v) is 3.96. The zero-order chi connectivity index (χ0) is 21.7. The largest absolute Gasteiger partial charge is 0.342 e. The Morgan fingerprint density at radius 1 is 0.900 bits per heavy atom. The Kier molecular flexibility index (Phi) is 5.36. The van der Waals surface area contributed by atoms with Crippen molar-refractivity contribution >= 4 is 17.5 Å². The first-order valence-corrected chi connectivity index (χ1v) is 10.1. The van der Waals surface area contributed by atoms with E-state index in [0.29, 0.717) is 5.69 Å². The van der Waals surface area contributed by atoms with Crippen LogP contribution in [0.15, 0.2) is 30.3 Å². The summed E-state index contributed by atoms with van der Waals surface area (Å²) < 4.78 is 29.6. The van der Waals surface area contributed by atoms with Crippen molar-refractivity contribution in [2.24, 2.45) is 0 Å². The molecule has 164 valence electrons. The highest BCUT2D eigenvalue weighted by Gasteiger charge is 2.62. The molecule has 3 aliphatic heterocycles. The number of carbonyl (C=O) groups is 2. The van der Waals surface area contributed by atoms with Gasteiger partial charge >= 0.3 is 0 Å². The first kappa shape index (κ1) is 21.2. The molecule has 1 aromatic carbocycles. The van der Waals surface area contributed by atoms with Crippen LogP contribution in [0.4, 0.5) is 5.69 Å². The van der Waals surface area contributed by atoms with Gasteiger partial charge in [0.1, 0.15) is 24.4 Å². The lowest BCUT2D eigenvalue weighted by Crippen LogP contribution is -2.60. The Bertz CT molecular complexity index is 813.